The van der Waals surface area contributed by atoms with Gasteiger partial charge in [-0.15, -0.1) is 36.2 Å². The quantitative estimate of drug-likeness (QED) is 0.925. The Morgan fingerprint density at radius 1 is 1.58 bits per heavy atom. The van der Waals surface area contributed by atoms with Crippen molar-refractivity contribution in [2.24, 2.45) is 0 Å². The number of hydrogen-bond donors (Lipinski definition) is 1. The highest BCUT2D eigenvalue weighted by atomic mass is 35.5. The number of hydrogen-bond acceptors (Lipinski definition) is 4. The van der Waals surface area contributed by atoms with Crippen molar-refractivity contribution in [3.63, 3.8) is 0 Å². The summed E-state index contributed by atoms with van der Waals surface area (Å²) in [7, 11) is 1.86. The van der Waals surface area contributed by atoms with Gasteiger partial charge in [0.05, 0.1) is 23.3 Å². The summed E-state index contributed by atoms with van der Waals surface area (Å²) in [6.45, 7) is 3.63. The molecule has 1 saturated heterocycles. The zero-order valence-electron chi connectivity index (χ0n) is 11.2. The molecule has 1 aliphatic heterocycles. The number of carbonyl (C=O) groups excluding carboxylic acids is 1. The first kappa shape index (κ1) is 18.6. The average molecular weight is 326 g/mol. The number of rotatable bonds is 4. The molecule has 1 aromatic rings. The van der Waals surface area contributed by atoms with Gasteiger partial charge < -0.3 is 10.2 Å². The molecule has 2 rings (SSSR count). The summed E-state index contributed by atoms with van der Waals surface area (Å²) in [5, 5.41) is 5.36. The van der Waals surface area contributed by atoms with Crippen LogP contribution in [-0.2, 0) is 11.3 Å². The van der Waals surface area contributed by atoms with Crippen LogP contribution in [0.1, 0.15) is 31.9 Å². The summed E-state index contributed by atoms with van der Waals surface area (Å²) in [5.74, 6) is 0.200. The van der Waals surface area contributed by atoms with Gasteiger partial charge in [0.1, 0.15) is 0 Å². The molecule has 2 heterocycles. The lowest BCUT2D eigenvalue weighted by molar-refractivity contribution is -0.137. The maximum absolute atomic E-state index is 12.5. The average Bonchev–Trinajstić information content (AvgIpc) is 2.99. The molecule has 1 amide bonds. The van der Waals surface area contributed by atoms with E-state index in [1.54, 1.807) is 21.7 Å². The van der Waals surface area contributed by atoms with Gasteiger partial charge in [-0.2, -0.15) is 0 Å². The molecule has 1 aliphatic rings. The minimum atomic E-state index is -0.329. The van der Waals surface area contributed by atoms with Crippen molar-refractivity contribution in [1.29, 1.82) is 0 Å². The number of nitrogens with one attached hydrogen (secondary N) is 1. The predicted octanol–water partition coefficient (Wildman–Crippen LogP) is 2.48. The Balaban J connectivity index is 0.00000162. The monoisotopic (exact) mass is 325 g/mol. The minimum absolute atomic E-state index is 0. The molecular weight excluding hydrogens is 305 g/mol. The van der Waals surface area contributed by atoms with Crippen LogP contribution in [-0.4, -0.2) is 34.9 Å². The molecule has 0 radical (unpaired) electrons. The van der Waals surface area contributed by atoms with E-state index < -0.39 is 0 Å². The van der Waals surface area contributed by atoms with Crippen LogP contribution in [0.3, 0.4) is 0 Å². The summed E-state index contributed by atoms with van der Waals surface area (Å²) in [4.78, 5) is 18.5. The van der Waals surface area contributed by atoms with Crippen LogP contribution in [0.2, 0.25) is 0 Å². The van der Waals surface area contributed by atoms with Crippen LogP contribution in [0.25, 0.3) is 0 Å². The van der Waals surface area contributed by atoms with Crippen molar-refractivity contribution in [3.8, 4) is 0 Å². The van der Waals surface area contributed by atoms with Crippen molar-refractivity contribution in [2.45, 2.75) is 38.3 Å². The fourth-order valence-electron chi connectivity index (χ4n) is 2.44. The molecule has 1 aromatic heterocycles. The number of carbonyl (C=O) groups is 1. The van der Waals surface area contributed by atoms with Gasteiger partial charge in [-0.05, 0) is 25.8 Å². The largest absolute Gasteiger partial charge is 0.338 e. The second-order valence-electron chi connectivity index (χ2n) is 4.61. The summed E-state index contributed by atoms with van der Waals surface area (Å²) >= 11 is 1.57. The van der Waals surface area contributed by atoms with Gasteiger partial charge in [0.25, 0.3) is 0 Å². The smallest absolute Gasteiger partial charge is 0.242 e. The number of nitrogens with zero attached hydrogens (tertiary/aromatic N) is 2. The molecule has 0 aliphatic carbocycles. The summed E-state index contributed by atoms with van der Waals surface area (Å²) < 4.78 is 0. The standard InChI is InChI=1S/C12H19N3OS.2ClH/c1-3-12(5-4-6-14-12)11(16)15(2)7-10-8-17-9-13-10;;/h8-9,14H,3-7H2,1-2H3;2*1H. The fraction of sp³-hybridized carbons (Fsp3) is 0.667. The molecule has 19 heavy (non-hydrogen) atoms. The predicted molar refractivity (Wildman–Crippen MR) is 83.3 cm³/mol. The van der Waals surface area contributed by atoms with Gasteiger partial charge in [0, 0.05) is 12.4 Å². The number of amides is 1. The second-order valence-corrected chi connectivity index (χ2v) is 5.33. The molecule has 0 bridgehead atoms. The molecule has 1 fully saturated rings. The van der Waals surface area contributed by atoms with E-state index in [-0.39, 0.29) is 36.3 Å². The summed E-state index contributed by atoms with van der Waals surface area (Å²) in [5.41, 5.74) is 2.44. The van der Waals surface area contributed by atoms with Gasteiger partial charge in [0.15, 0.2) is 0 Å². The number of thiazole rings is 1. The third-order valence-corrected chi connectivity index (χ3v) is 4.12. The number of aromatic nitrogens is 1. The topological polar surface area (TPSA) is 45.2 Å². The maximum atomic E-state index is 12.5. The van der Waals surface area contributed by atoms with Gasteiger partial charge >= 0.3 is 0 Å². The van der Waals surface area contributed by atoms with Crippen molar-refractivity contribution in [3.05, 3.63) is 16.6 Å². The van der Waals surface area contributed by atoms with E-state index in [2.05, 4.69) is 17.2 Å². The highest BCUT2D eigenvalue weighted by Gasteiger charge is 2.40. The fourth-order valence-corrected chi connectivity index (χ4v) is 2.99. The number of halogens is 2. The molecule has 1 N–H and O–H groups in total. The molecule has 7 heteroatoms. The van der Waals surface area contributed by atoms with Gasteiger partial charge in [-0.3, -0.25) is 4.79 Å². The molecule has 0 saturated carbocycles. The SMILES string of the molecule is CCC1(C(=O)N(C)Cc2cscn2)CCCN1.Cl.Cl. The van der Waals surface area contributed by atoms with E-state index in [1.807, 2.05) is 12.4 Å². The van der Waals surface area contributed by atoms with Crippen LogP contribution in [0.15, 0.2) is 10.9 Å². The molecule has 0 spiro atoms. The Morgan fingerprint density at radius 2 is 2.32 bits per heavy atom. The number of likely N-dealkylation sites (N-methyl/N-ethyl adjacent to an activating group) is 1. The Hall–Kier alpha value is -0.360. The first-order chi connectivity index (χ1) is 8.18. The zero-order valence-corrected chi connectivity index (χ0v) is 13.7. The minimum Gasteiger partial charge on any atom is -0.338 e. The Morgan fingerprint density at radius 3 is 2.79 bits per heavy atom. The lowest BCUT2D eigenvalue weighted by Gasteiger charge is -2.31. The zero-order chi connectivity index (χ0) is 12.3. The van der Waals surface area contributed by atoms with E-state index in [9.17, 15) is 4.79 Å². The van der Waals surface area contributed by atoms with E-state index in [1.165, 1.54) is 0 Å². The molecule has 0 aromatic carbocycles. The molecular formula is C12H21Cl2N3OS. The van der Waals surface area contributed by atoms with E-state index in [0.29, 0.717) is 6.54 Å². The third-order valence-electron chi connectivity index (χ3n) is 3.49. The molecule has 1 atom stereocenters. The summed E-state index contributed by atoms with van der Waals surface area (Å²) in [6.07, 6.45) is 2.89. The molecule has 4 nitrogen and oxygen atoms in total. The first-order valence-corrected chi connectivity index (χ1v) is 7.00. The highest BCUT2D eigenvalue weighted by molar-refractivity contribution is 7.07. The van der Waals surface area contributed by atoms with Crippen LogP contribution < -0.4 is 5.32 Å². The van der Waals surface area contributed by atoms with E-state index in [4.69, 9.17) is 0 Å². The lowest BCUT2D eigenvalue weighted by atomic mass is 9.92. The lowest BCUT2D eigenvalue weighted by Crippen LogP contribution is -2.53. The molecule has 110 valence electrons. The Kier molecular flexibility index (Phi) is 7.89. The van der Waals surface area contributed by atoms with Crippen LogP contribution >= 0.6 is 36.2 Å². The van der Waals surface area contributed by atoms with E-state index in [0.717, 1.165) is 31.5 Å². The van der Waals surface area contributed by atoms with Gasteiger partial charge in [0.2, 0.25) is 5.91 Å². The highest BCUT2D eigenvalue weighted by Crippen LogP contribution is 2.25. The van der Waals surface area contributed by atoms with Crippen LogP contribution in [0, 0.1) is 0 Å². The van der Waals surface area contributed by atoms with Crippen molar-refractivity contribution in [2.75, 3.05) is 13.6 Å². The van der Waals surface area contributed by atoms with Crippen molar-refractivity contribution < 1.29 is 4.79 Å². The van der Waals surface area contributed by atoms with Gasteiger partial charge in [-0.1, -0.05) is 6.92 Å². The maximum Gasteiger partial charge on any atom is 0.242 e. The van der Waals surface area contributed by atoms with Crippen molar-refractivity contribution >= 4 is 42.1 Å². The van der Waals surface area contributed by atoms with E-state index >= 15 is 0 Å². The Labute approximate surface area is 130 Å². The normalized spacial score (nSPS) is 21.4. The Bertz CT molecular complexity index is 380. The first-order valence-electron chi connectivity index (χ1n) is 6.05. The summed E-state index contributed by atoms with van der Waals surface area (Å²) in [6, 6.07) is 0. The van der Waals surface area contributed by atoms with Crippen molar-refractivity contribution in [1.82, 2.24) is 15.2 Å². The van der Waals surface area contributed by atoms with Crippen LogP contribution in [0.4, 0.5) is 0 Å². The van der Waals surface area contributed by atoms with Crippen LogP contribution in [0.5, 0.6) is 0 Å². The second kappa shape index (κ2) is 8.04. The third kappa shape index (κ3) is 4.05. The molecule has 1 unspecified atom stereocenters. The van der Waals surface area contributed by atoms with Gasteiger partial charge in [-0.25, -0.2) is 4.98 Å².